The van der Waals surface area contributed by atoms with Crippen LogP contribution in [0.15, 0.2) is 30.3 Å². The van der Waals surface area contributed by atoms with E-state index in [1.807, 2.05) is 55.9 Å². The first-order valence-corrected chi connectivity index (χ1v) is 10.5. The Bertz CT molecular complexity index is 908. The number of nitrogens with zero attached hydrogens (tertiary/aromatic N) is 3. The van der Waals surface area contributed by atoms with Gasteiger partial charge in [-0.15, -0.1) is 0 Å². The molecular formula is C19H25N3O3S. The van der Waals surface area contributed by atoms with E-state index < -0.39 is 10.0 Å². The molecule has 0 amide bonds. The number of aryl methyl sites for hydroxylation is 2. The first kappa shape index (κ1) is 17.7. The molecule has 1 aliphatic carbocycles. The summed E-state index contributed by atoms with van der Waals surface area (Å²) in [7, 11) is -1.50. The minimum absolute atomic E-state index is 0.0980. The predicted octanol–water partition coefficient (Wildman–Crippen LogP) is 2.30. The van der Waals surface area contributed by atoms with E-state index in [1.54, 1.807) is 4.31 Å². The van der Waals surface area contributed by atoms with Crippen LogP contribution < -0.4 is 0 Å². The van der Waals surface area contributed by atoms with E-state index in [0.717, 1.165) is 22.5 Å². The molecular weight excluding hydrogens is 350 g/mol. The zero-order valence-electron chi connectivity index (χ0n) is 15.4. The van der Waals surface area contributed by atoms with Crippen LogP contribution in [0.3, 0.4) is 0 Å². The van der Waals surface area contributed by atoms with E-state index in [-0.39, 0.29) is 17.2 Å². The summed E-state index contributed by atoms with van der Waals surface area (Å²) in [5.74, 6) is 0.0980. The maximum atomic E-state index is 13.4. The van der Waals surface area contributed by atoms with Crippen molar-refractivity contribution in [1.29, 1.82) is 0 Å². The van der Waals surface area contributed by atoms with Gasteiger partial charge in [0.2, 0.25) is 10.0 Å². The van der Waals surface area contributed by atoms with E-state index in [0.29, 0.717) is 26.2 Å². The van der Waals surface area contributed by atoms with E-state index >= 15 is 0 Å². The smallest absolute Gasteiger partial charge is 0.218 e. The third-order valence-electron chi connectivity index (χ3n) is 5.65. The zero-order chi connectivity index (χ0) is 18.5. The summed E-state index contributed by atoms with van der Waals surface area (Å²) in [6.07, 6.45) is 0.696. The van der Waals surface area contributed by atoms with Crippen molar-refractivity contribution in [2.45, 2.75) is 37.5 Å². The largest absolute Gasteiger partial charge is 0.378 e. The first-order chi connectivity index (χ1) is 12.4. The van der Waals surface area contributed by atoms with E-state index in [4.69, 9.17) is 4.74 Å². The molecule has 7 heteroatoms. The Labute approximate surface area is 154 Å². The van der Waals surface area contributed by atoms with Crippen molar-refractivity contribution in [3.8, 4) is 0 Å². The second-order valence-electron chi connectivity index (χ2n) is 7.25. The van der Waals surface area contributed by atoms with Crippen molar-refractivity contribution < 1.29 is 13.2 Å². The van der Waals surface area contributed by atoms with Gasteiger partial charge in [0.1, 0.15) is 0 Å². The molecule has 2 heterocycles. The summed E-state index contributed by atoms with van der Waals surface area (Å²) in [6.45, 7) is 5.15. The van der Waals surface area contributed by atoms with Gasteiger partial charge in [-0.05, 0) is 25.8 Å². The first-order valence-electron chi connectivity index (χ1n) is 9.04. The van der Waals surface area contributed by atoms with Crippen LogP contribution >= 0.6 is 0 Å². The van der Waals surface area contributed by atoms with E-state index in [1.165, 1.54) is 0 Å². The Hall–Kier alpha value is -1.70. The third kappa shape index (κ3) is 2.88. The lowest BCUT2D eigenvalue weighted by atomic mass is 10.0. The highest BCUT2D eigenvalue weighted by atomic mass is 32.2. The van der Waals surface area contributed by atoms with Crippen molar-refractivity contribution in [2.24, 2.45) is 7.05 Å². The maximum absolute atomic E-state index is 13.4. The summed E-state index contributed by atoms with van der Waals surface area (Å²) < 4.78 is 35.9. The Morgan fingerprint density at radius 3 is 2.58 bits per heavy atom. The number of benzene rings is 1. The van der Waals surface area contributed by atoms with Crippen LogP contribution in [0, 0.1) is 13.8 Å². The molecule has 3 atom stereocenters. The van der Waals surface area contributed by atoms with Gasteiger partial charge in [0.15, 0.2) is 0 Å². The van der Waals surface area contributed by atoms with Gasteiger partial charge in [0, 0.05) is 30.8 Å². The Balaban J connectivity index is 1.64. The average molecular weight is 375 g/mol. The highest BCUT2D eigenvalue weighted by Crippen LogP contribution is 2.48. The highest BCUT2D eigenvalue weighted by molar-refractivity contribution is 7.90. The van der Waals surface area contributed by atoms with Crippen LogP contribution in [0.2, 0.25) is 0 Å². The molecule has 1 aliphatic heterocycles. The maximum Gasteiger partial charge on any atom is 0.218 e. The topological polar surface area (TPSA) is 64.4 Å². The standard InChI is InChI=1S/C19H25N3O3S/c1-13-19(14(2)21(3)20-13)17-12-25-10-9-22(17)26(23,24)18-11-16(18)15-7-5-4-6-8-15/h4-8,16-18H,9-12H2,1-3H3. The summed E-state index contributed by atoms with van der Waals surface area (Å²) >= 11 is 0. The Kier molecular flexibility index (Phi) is 4.41. The predicted molar refractivity (Wildman–Crippen MR) is 99.5 cm³/mol. The third-order valence-corrected chi connectivity index (χ3v) is 8.02. The molecule has 3 unspecified atom stereocenters. The second kappa shape index (κ2) is 6.48. The van der Waals surface area contributed by atoms with Gasteiger partial charge in [-0.1, -0.05) is 30.3 Å². The Morgan fingerprint density at radius 1 is 1.19 bits per heavy atom. The summed E-state index contributed by atoms with van der Waals surface area (Å²) in [5.41, 5.74) is 3.96. The summed E-state index contributed by atoms with van der Waals surface area (Å²) in [5, 5.41) is 4.13. The van der Waals surface area contributed by atoms with Gasteiger partial charge in [-0.25, -0.2) is 8.42 Å². The zero-order valence-corrected chi connectivity index (χ0v) is 16.2. The monoisotopic (exact) mass is 375 g/mol. The lowest BCUT2D eigenvalue weighted by Crippen LogP contribution is -2.45. The molecule has 0 spiro atoms. The molecule has 1 aromatic heterocycles. The van der Waals surface area contributed by atoms with Gasteiger partial charge in [-0.3, -0.25) is 4.68 Å². The molecule has 0 radical (unpaired) electrons. The van der Waals surface area contributed by atoms with Gasteiger partial charge >= 0.3 is 0 Å². The van der Waals surface area contributed by atoms with Crippen molar-refractivity contribution in [3.05, 3.63) is 52.8 Å². The van der Waals surface area contributed by atoms with Gasteiger partial charge in [0.25, 0.3) is 0 Å². The molecule has 26 heavy (non-hydrogen) atoms. The molecule has 4 rings (SSSR count). The molecule has 1 saturated heterocycles. The highest BCUT2D eigenvalue weighted by Gasteiger charge is 2.52. The molecule has 140 valence electrons. The van der Waals surface area contributed by atoms with Crippen LogP contribution in [0.4, 0.5) is 0 Å². The normalized spacial score (nSPS) is 26.8. The fourth-order valence-electron chi connectivity index (χ4n) is 4.12. The number of rotatable bonds is 4. The lowest BCUT2D eigenvalue weighted by Gasteiger charge is -2.35. The van der Waals surface area contributed by atoms with Gasteiger partial charge in [-0.2, -0.15) is 9.40 Å². The molecule has 2 aromatic rings. The van der Waals surface area contributed by atoms with E-state index in [9.17, 15) is 8.42 Å². The number of hydrogen-bond donors (Lipinski definition) is 0. The fraction of sp³-hybridized carbons (Fsp3) is 0.526. The SMILES string of the molecule is Cc1nn(C)c(C)c1C1COCCN1S(=O)(=O)C1CC1c1ccccc1. The Morgan fingerprint density at radius 2 is 1.92 bits per heavy atom. The van der Waals surface area contributed by atoms with Crippen molar-refractivity contribution in [3.63, 3.8) is 0 Å². The molecule has 2 aliphatic rings. The van der Waals surface area contributed by atoms with E-state index in [2.05, 4.69) is 5.10 Å². The molecule has 2 fully saturated rings. The van der Waals surface area contributed by atoms with Crippen LogP contribution in [0.5, 0.6) is 0 Å². The molecule has 0 N–H and O–H groups in total. The second-order valence-corrected chi connectivity index (χ2v) is 9.35. The molecule has 0 bridgehead atoms. The quantitative estimate of drug-likeness (QED) is 0.823. The minimum Gasteiger partial charge on any atom is -0.378 e. The average Bonchev–Trinajstić information content (AvgIpc) is 3.40. The van der Waals surface area contributed by atoms with Gasteiger partial charge < -0.3 is 4.74 Å². The number of hydrogen-bond acceptors (Lipinski definition) is 4. The van der Waals surface area contributed by atoms with Crippen LogP contribution in [-0.2, 0) is 21.8 Å². The van der Waals surface area contributed by atoms with Crippen molar-refractivity contribution in [2.75, 3.05) is 19.8 Å². The van der Waals surface area contributed by atoms with Crippen molar-refractivity contribution >= 4 is 10.0 Å². The van der Waals surface area contributed by atoms with Crippen molar-refractivity contribution in [1.82, 2.24) is 14.1 Å². The lowest BCUT2D eigenvalue weighted by molar-refractivity contribution is 0.0315. The molecule has 1 aromatic carbocycles. The molecule has 1 saturated carbocycles. The summed E-state index contributed by atoms with van der Waals surface area (Å²) in [4.78, 5) is 0. The number of ether oxygens (including phenoxy) is 1. The van der Waals surface area contributed by atoms with Crippen LogP contribution in [0.25, 0.3) is 0 Å². The number of sulfonamides is 1. The van der Waals surface area contributed by atoms with Crippen LogP contribution in [0.1, 0.15) is 40.9 Å². The number of morpholine rings is 1. The molecule has 6 nitrogen and oxygen atoms in total. The van der Waals surface area contributed by atoms with Gasteiger partial charge in [0.05, 0.1) is 30.2 Å². The summed E-state index contributed by atoms with van der Waals surface area (Å²) in [6, 6.07) is 9.65. The minimum atomic E-state index is -3.39. The van der Waals surface area contributed by atoms with Crippen LogP contribution in [-0.4, -0.2) is 47.5 Å². The number of aromatic nitrogens is 2. The fourth-order valence-corrected chi connectivity index (χ4v) is 6.34.